The highest BCUT2D eigenvalue weighted by Gasteiger charge is 2.13. The minimum absolute atomic E-state index is 0.0968. The lowest BCUT2D eigenvalue weighted by Gasteiger charge is -2.15. The molecule has 6 nitrogen and oxygen atoms in total. The van der Waals surface area contributed by atoms with E-state index in [2.05, 4.69) is 17.2 Å². The van der Waals surface area contributed by atoms with Crippen molar-refractivity contribution in [2.24, 2.45) is 0 Å². The summed E-state index contributed by atoms with van der Waals surface area (Å²) in [6, 6.07) is 12.7. The van der Waals surface area contributed by atoms with Gasteiger partial charge >= 0.3 is 6.09 Å². The number of hydrogen-bond donors (Lipinski definition) is 3. The van der Waals surface area contributed by atoms with Gasteiger partial charge in [-0.15, -0.1) is 0 Å². The van der Waals surface area contributed by atoms with Gasteiger partial charge in [-0.25, -0.2) is 18.0 Å². The van der Waals surface area contributed by atoms with E-state index < -0.39 is 23.5 Å². The standard InChI is InChI=1S/C25H25F3N4O2/c1-15(16-4-7-18(8-5-16)31-25(33)34-11-10-32(2)3)30-24-12-17(6-9-23(24)29)19-13-21(27)22(28)14-20(19)26/h4-9,12-14,30H,1,10-11,29H2,2-3H3,(H,31,33). The molecular formula is C25H25F3N4O2. The van der Waals surface area contributed by atoms with E-state index in [1.54, 1.807) is 24.3 Å². The number of ether oxygens (including phenoxy) is 1. The fourth-order valence-electron chi connectivity index (χ4n) is 3.04. The average Bonchev–Trinajstić information content (AvgIpc) is 2.78. The maximum absolute atomic E-state index is 14.2. The van der Waals surface area contributed by atoms with Crippen molar-refractivity contribution < 1.29 is 22.7 Å². The van der Waals surface area contributed by atoms with Crippen LogP contribution in [0.1, 0.15) is 5.56 Å². The monoisotopic (exact) mass is 470 g/mol. The van der Waals surface area contributed by atoms with Gasteiger partial charge in [0, 0.05) is 29.6 Å². The van der Waals surface area contributed by atoms with E-state index in [-0.39, 0.29) is 12.2 Å². The number of nitrogens with zero attached hydrogens (tertiary/aromatic N) is 1. The molecule has 0 heterocycles. The molecule has 0 aromatic heterocycles. The first kappa shape index (κ1) is 24.7. The number of nitrogens with one attached hydrogen (secondary N) is 2. The van der Waals surface area contributed by atoms with Gasteiger partial charge < -0.3 is 20.7 Å². The van der Waals surface area contributed by atoms with Crippen molar-refractivity contribution >= 4 is 28.9 Å². The minimum Gasteiger partial charge on any atom is -0.448 e. The first-order chi connectivity index (χ1) is 16.1. The molecule has 0 saturated heterocycles. The molecule has 34 heavy (non-hydrogen) atoms. The Kier molecular flexibility index (Phi) is 7.80. The predicted molar refractivity (Wildman–Crippen MR) is 129 cm³/mol. The fraction of sp³-hybridized carbons (Fsp3) is 0.160. The van der Waals surface area contributed by atoms with E-state index in [0.29, 0.717) is 46.5 Å². The SMILES string of the molecule is C=C(Nc1cc(-c2cc(F)c(F)cc2F)ccc1N)c1ccc(NC(=O)OCCN(C)C)cc1. The van der Waals surface area contributed by atoms with Gasteiger partial charge in [-0.05, 0) is 55.6 Å². The third-order valence-electron chi connectivity index (χ3n) is 4.91. The van der Waals surface area contributed by atoms with Crippen LogP contribution < -0.4 is 16.4 Å². The lowest BCUT2D eigenvalue weighted by atomic mass is 10.0. The van der Waals surface area contributed by atoms with Crippen LogP contribution in [0.15, 0.2) is 61.2 Å². The van der Waals surface area contributed by atoms with Crippen molar-refractivity contribution in [1.29, 1.82) is 0 Å². The zero-order chi connectivity index (χ0) is 24.8. The molecule has 3 aromatic rings. The Balaban J connectivity index is 1.69. The number of halogens is 3. The molecule has 0 unspecified atom stereocenters. The van der Waals surface area contributed by atoms with Crippen LogP contribution in [0.25, 0.3) is 16.8 Å². The molecule has 3 aromatic carbocycles. The van der Waals surface area contributed by atoms with Crippen LogP contribution in [0.3, 0.4) is 0 Å². The van der Waals surface area contributed by atoms with Crippen molar-refractivity contribution in [3.63, 3.8) is 0 Å². The molecule has 0 bridgehead atoms. The van der Waals surface area contributed by atoms with Crippen LogP contribution >= 0.6 is 0 Å². The quantitative estimate of drug-likeness (QED) is 0.297. The molecule has 0 radical (unpaired) electrons. The Labute approximate surface area is 195 Å². The summed E-state index contributed by atoms with van der Waals surface area (Å²) < 4.78 is 46.2. The molecule has 0 atom stereocenters. The second-order valence-corrected chi connectivity index (χ2v) is 7.79. The number of amides is 1. The summed E-state index contributed by atoms with van der Waals surface area (Å²) in [4.78, 5) is 13.7. The van der Waals surface area contributed by atoms with Crippen molar-refractivity contribution in [2.75, 3.05) is 43.6 Å². The summed E-state index contributed by atoms with van der Waals surface area (Å²) in [5.74, 6) is -3.30. The van der Waals surface area contributed by atoms with E-state index in [1.807, 2.05) is 19.0 Å². The van der Waals surface area contributed by atoms with Gasteiger partial charge in [-0.1, -0.05) is 24.8 Å². The van der Waals surface area contributed by atoms with E-state index in [9.17, 15) is 18.0 Å². The van der Waals surface area contributed by atoms with E-state index in [0.717, 1.165) is 6.07 Å². The highest BCUT2D eigenvalue weighted by atomic mass is 19.2. The summed E-state index contributed by atoms with van der Waals surface area (Å²) in [5, 5.41) is 5.69. The average molecular weight is 470 g/mol. The molecule has 0 aliphatic heterocycles. The molecule has 0 saturated carbocycles. The third-order valence-corrected chi connectivity index (χ3v) is 4.91. The molecule has 4 N–H and O–H groups in total. The summed E-state index contributed by atoms with van der Waals surface area (Å²) in [6.07, 6.45) is -0.555. The Morgan fingerprint density at radius 3 is 2.32 bits per heavy atom. The first-order valence-electron chi connectivity index (χ1n) is 10.3. The van der Waals surface area contributed by atoms with Crippen molar-refractivity contribution in [3.8, 4) is 11.1 Å². The highest BCUT2D eigenvalue weighted by Crippen LogP contribution is 2.32. The maximum atomic E-state index is 14.2. The topological polar surface area (TPSA) is 79.6 Å². The number of likely N-dealkylation sites (N-methyl/N-ethyl adjacent to an activating group) is 1. The molecule has 0 spiro atoms. The third kappa shape index (κ3) is 6.29. The summed E-state index contributed by atoms with van der Waals surface area (Å²) >= 11 is 0. The second kappa shape index (κ2) is 10.8. The smallest absolute Gasteiger partial charge is 0.411 e. The zero-order valence-electron chi connectivity index (χ0n) is 18.8. The zero-order valence-corrected chi connectivity index (χ0v) is 18.8. The molecular weight excluding hydrogens is 445 g/mol. The number of hydrogen-bond acceptors (Lipinski definition) is 5. The van der Waals surface area contributed by atoms with Crippen molar-refractivity contribution in [2.45, 2.75) is 0 Å². The van der Waals surface area contributed by atoms with Gasteiger partial charge in [-0.3, -0.25) is 5.32 Å². The first-order valence-corrected chi connectivity index (χ1v) is 10.3. The molecule has 3 rings (SSSR count). The number of carbonyl (C=O) groups is 1. The molecule has 1 amide bonds. The Morgan fingerprint density at radius 1 is 0.971 bits per heavy atom. The van der Waals surface area contributed by atoms with Gasteiger partial charge in [0.15, 0.2) is 11.6 Å². The van der Waals surface area contributed by atoms with E-state index >= 15 is 0 Å². The Morgan fingerprint density at radius 2 is 1.65 bits per heavy atom. The molecule has 0 fully saturated rings. The van der Waals surface area contributed by atoms with Gasteiger partial charge in [0.25, 0.3) is 0 Å². The lowest BCUT2D eigenvalue weighted by Crippen LogP contribution is -2.22. The number of nitrogen functional groups attached to an aromatic ring is 1. The Bertz CT molecular complexity index is 1200. The van der Waals surface area contributed by atoms with Gasteiger partial charge in [0.2, 0.25) is 0 Å². The molecule has 9 heteroatoms. The number of nitrogens with two attached hydrogens (primary N) is 1. The lowest BCUT2D eigenvalue weighted by molar-refractivity contribution is 0.151. The highest BCUT2D eigenvalue weighted by molar-refractivity contribution is 5.87. The van der Waals surface area contributed by atoms with Gasteiger partial charge in [0.1, 0.15) is 12.4 Å². The maximum Gasteiger partial charge on any atom is 0.411 e. The van der Waals surface area contributed by atoms with E-state index in [4.69, 9.17) is 10.5 Å². The van der Waals surface area contributed by atoms with Gasteiger partial charge in [-0.2, -0.15) is 0 Å². The molecule has 0 aliphatic rings. The summed E-state index contributed by atoms with van der Waals surface area (Å²) in [6.45, 7) is 4.87. The van der Waals surface area contributed by atoms with Crippen LogP contribution in [-0.2, 0) is 4.74 Å². The minimum atomic E-state index is -1.26. The molecule has 178 valence electrons. The number of rotatable bonds is 8. The normalized spacial score (nSPS) is 10.8. The second-order valence-electron chi connectivity index (χ2n) is 7.79. The number of anilines is 3. The summed E-state index contributed by atoms with van der Waals surface area (Å²) in [5.41, 5.74) is 8.74. The van der Waals surface area contributed by atoms with Crippen molar-refractivity contribution in [3.05, 3.63) is 84.2 Å². The Hall–Kier alpha value is -3.98. The van der Waals surface area contributed by atoms with Gasteiger partial charge in [0.05, 0.1) is 11.4 Å². The number of carbonyl (C=O) groups excluding carboxylic acids is 1. The summed E-state index contributed by atoms with van der Waals surface area (Å²) in [7, 11) is 3.76. The van der Waals surface area contributed by atoms with Crippen LogP contribution in [0.2, 0.25) is 0 Å². The van der Waals surface area contributed by atoms with Crippen LogP contribution in [0.4, 0.5) is 35.0 Å². The largest absolute Gasteiger partial charge is 0.448 e. The number of benzene rings is 3. The fourth-order valence-corrected chi connectivity index (χ4v) is 3.04. The van der Waals surface area contributed by atoms with Crippen LogP contribution in [0.5, 0.6) is 0 Å². The predicted octanol–water partition coefficient (Wildman–Crippen LogP) is 5.55. The van der Waals surface area contributed by atoms with Crippen LogP contribution in [-0.4, -0.2) is 38.2 Å². The van der Waals surface area contributed by atoms with Crippen molar-refractivity contribution in [1.82, 2.24) is 4.90 Å². The van der Waals surface area contributed by atoms with Crippen LogP contribution in [0, 0.1) is 17.5 Å². The molecule has 0 aliphatic carbocycles. The van der Waals surface area contributed by atoms with E-state index in [1.165, 1.54) is 18.2 Å².